The fourth-order valence-corrected chi connectivity index (χ4v) is 2.56. The van der Waals surface area contributed by atoms with Crippen LogP contribution in [0.15, 0.2) is 61.1 Å². The summed E-state index contributed by atoms with van der Waals surface area (Å²) in [5.41, 5.74) is 0.343. The molecule has 0 fully saturated rings. The van der Waals surface area contributed by atoms with Crippen molar-refractivity contribution in [3.63, 3.8) is 0 Å². The molecule has 25 heavy (non-hydrogen) atoms. The number of amides is 1. The smallest absolute Gasteiger partial charge is 0.235 e. The second-order valence-corrected chi connectivity index (χ2v) is 6.32. The van der Waals surface area contributed by atoms with Crippen molar-refractivity contribution >= 4 is 11.7 Å². The lowest BCUT2D eigenvalue weighted by Crippen LogP contribution is -2.35. The van der Waals surface area contributed by atoms with Gasteiger partial charge in [0.2, 0.25) is 5.91 Å². The van der Waals surface area contributed by atoms with Gasteiger partial charge < -0.3 is 5.32 Å². The van der Waals surface area contributed by atoms with Gasteiger partial charge in [0.1, 0.15) is 5.82 Å². The van der Waals surface area contributed by atoms with Crippen molar-refractivity contribution in [1.82, 2.24) is 14.8 Å². The molecule has 128 valence electrons. The Balaban J connectivity index is 1.72. The summed E-state index contributed by atoms with van der Waals surface area (Å²) >= 11 is 0. The Morgan fingerprint density at radius 3 is 2.72 bits per heavy atom. The molecule has 2 heterocycles. The van der Waals surface area contributed by atoms with Crippen LogP contribution in [0.3, 0.4) is 0 Å². The molecule has 3 rings (SSSR count). The Labute approximate surface area is 145 Å². The number of nitrogens with zero attached hydrogens (tertiary/aromatic N) is 3. The number of hydrogen-bond acceptors (Lipinski definition) is 3. The molecule has 1 aromatic carbocycles. The van der Waals surface area contributed by atoms with Gasteiger partial charge in [0.25, 0.3) is 0 Å². The molecule has 0 unspecified atom stereocenters. The molecule has 0 radical (unpaired) electrons. The summed E-state index contributed by atoms with van der Waals surface area (Å²) in [6, 6.07) is 11.8. The lowest BCUT2D eigenvalue weighted by molar-refractivity contribution is -0.120. The van der Waals surface area contributed by atoms with Gasteiger partial charge in [0, 0.05) is 30.2 Å². The van der Waals surface area contributed by atoms with E-state index in [1.165, 1.54) is 6.07 Å². The lowest BCUT2D eigenvalue weighted by Gasteiger charge is -2.24. The zero-order valence-electron chi connectivity index (χ0n) is 14.1. The molecule has 0 aliphatic carbocycles. The largest absolute Gasteiger partial charge is 0.308 e. The molecule has 5 nitrogen and oxygen atoms in total. The van der Waals surface area contributed by atoms with E-state index < -0.39 is 11.2 Å². The van der Waals surface area contributed by atoms with E-state index in [1.54, 1.807) is 61.4 Å². The molecule has 0 aliphatic heterocycles. The molecule has 1 amide bonds. The van der Waals surface area contributed by atoms with Gasteiger partial charge in [-0.25, -0.2) is 4.39 Å². The Hall–Kier alpha value is -3.02. The van der Waals surface area contributed by atoms with Crippen molar-refractivity contribution in [2.24, 2.45) is 0 Å². The van der Waals surface area contributed by atoms with Gasteiger partial charge in [-0.3, -0.25) is 14.5 Å². The Morgan fingerprint density at radius 1 is 1.20 bits per heavy atom. The highest BCUT2D eigenvalue weighted by Gasteiger charge is 2.32. The van der Waals surface area contributed by atoms with E-state index in [2.05, 4.69) is 15.4 Å². The van der Waals surface area contributed by atoms with Crippen LogP contribution in [-0.2, 0) is 16.8 Å². The van der Waals surface area contributed by atoms with Crippen LogP contribution < -0.4 is 5.32 Å². The zero-order valence-corrected chi connectivity index (χ0v) is 14.1. The van der Waals surface area contributed by atoms with E-state index in [0.717, 1.165) is 5.56 Å². The first kappa shape index (κ1) is 16.8. The fourth-order valence-electron chi connectivity index (χ4n) is 2.56. The first-order valence-electron chi connectivity index (χ1n) is 7.95. The molecule has 0 bridgehead atoms. The van der Waals surface area contributed by atoms with E-state index in [4.69, 9.17) is 0 Å². The van der Waals surface area contributed by atoms with Crippen LogP contribution >= 0.6 is 0 Å². The Kier molecular flexibility index (Phi) is 4.61. The van der Waals surface area contributed by atoms with E-state index in [9.17, 15) is 9.18 Å². The highest BCUT2D eigenvalue weighted by atomic mass is 19.1. The number of carbonyl (C=O) groups is 1. The molecular weight excluding hydrogens is 319 g/mol. The summed E-state index contributed by atoms with van der Waals surface area (Å²) in [5, 5.41) is 7.10. The number of halogens is 1. The number of anilines is 1. The first-order valence-corrected chi connectivity index (χ1v) is 7.95. The zero-order chi connectivity index (χ0) is 17.9. The molecule has 3 aromatic rings. The number of carbonyl (C=O) groups excluding carboxylic acids is 1. The molecular formula is C19H19FN4O. The molecule has 0 saturated heterocycles. The number of benzene rings is 1. The lowest BCUT2D eigenvalue weighted by atomic mass is 9.83. The summed E-state index contributed by atoms with van der Waals surface area (Å²) < 4.78 is 15.7. The minimum atomic E-state index is -1.02. The molecule has 0 saturated carbocycles. The third kappa shape index (κ3) is 3.74. The maximum Gasteiger partial charge on any atom is 0.235 e. The SMILES string of the molecule is CC(C)(C(=O)Nc1ccn(Cc2cccnc2)n1)c1ccccc1F. The quantitative estimate of drug-likeness (QED) is 0.776. The Bertz CT molecular complexity index is 874. The number of rotatable bonds is 5. The van der Waals surface area contributed by atoms with Crippen LogP contribution in [0.2, 0.25) is 0 Å². The monoisotopic (exact) mass is 338 g/mol. The summed E-state index contributed by atoms with van der Waals surface area (Å²) in [4.78, 5) is 16.7. The van der Waals surface area contributed by atoms with Crippen LogP contribution in [0.5, 0.6) is 0 Å². The van der Waals surface area contributed by atoms with E-state index >= 15 is 0 Å². The van der Waals surface area contributed by atoms with Gasteiger partial charge >= 0.3 is 0 Å². The number of aromatic nitrogens is 3. The first-order chi connectivity index (χ1) is 12.0. The standard InChI is InChI=1S/C19H19FN4O/c1-19(2,15-7-3-4-8-16(15)20)18(25)22-17-9-11-24(23-17)13-14-6-5-10-21-12-14/h3-12H,13H2,1-2H3,(H,22,23,25). The molecule has 2 aromatic heterocycles. The molecule has 0 aliphatic rings. The predicted molar refractivity (Wildman–Crippen MR) is 93.6 cm³/mol. The maximum absolute atomic E-state index is 14.0. The van der Waals surface area contributed by atoms with Gasteiger partial charge in [-0.15, -0.1) is 0 Å². The average Bonchev–Trinajstić information content (AvgIpc) is 3.03. The normalized spacial score (nSPS) is 11.3. The number of hydrogen-bond donors (Lipinski definition) is 1. The highest BCUT2D eigenvalue weighted by Crippen LogP contribution is 2.27. The van der Waals surface area contributed by atoms with Crippen LogP contribution in [0.1, 0.15) is 25.0 Å². The van der Waals surface area contributed by atoms with Crippen molar-refractivity contribution in [3.05, 3.63) is 78.0 Å². The maximum atomic E-state index is 14.0. The minimum absolute atomic E-state index is 0.316. The van der Waals surface area contributed by atoms with Crippen molar-refractivity contribution in [2.75, 3.05) is 5.32 Å². The second-order valence-electron chi connectivity index (χ2n) is 6.32. The fraction of sp³-hybridized carbons (Fsp3) is 0.211. The second kappa shape index (κ2) is 6.84. The molecule has 0 spiro atoms. The van der Waals surface area contributed by atoms with Gasteiger partial charge in [-0.1, -0.05) is 24.3 Å². The minimum Gasteiger partial charge on any atom is -0.308 e. The summed E-state index contributed by atoms with van der Waals surface area (Å²) in [7, 11) is 0. The summed E-state index contributed by atoms with van der Waals surface area (Å²) in [6.07, 6.45) is 5.25. The van der Waals surface area contributed by atoms with Crippen LogP contribution in [0.4, 0.5) is 10.2 Å². The van der Waals surface area contributed by atoms with Crippen molar-refractivity contribution < 1.29 is 9.18 Å². The van der Waals surface area contributed by atoms with Crippen LogP contribution in [-0.4, -0.2) is 20.7 Å². The van der Waals surface area contributed by atoms with Crippen molar-refractivity contribution in [3.8, 4) is 0 Å². The third-order valence-electron chi connectivity index (χ3n) is 4.06. The number of nitrogens with one attached hydrogen (secondary N) is 1. The van der Waals surface area contributed by atoms with Crippen molar-refractivity contribution in [1.29, 1.82) is 0 Å². The van der Waals surface area contributed by atoms with Gasteiger partial charge in [-0.05, 0) is 31.5 Å². The molecule has 6 heteroatoms. The van der Waals surface area contributed by atoms with Gasteiger partial charge in [0.15, 0.2) is 5.82 Å². The predicted octanol–water partition coefficient (Wildman–Crippen LogP) is 3.38. The summed E-state index contributed by atoms with van der Waals surface area (Å²) in [5.74, 6) is -0.285. The van der Waals surface area contributed by atoms with E-state index in [1.807, 2.05) is 12.1 Å². The summed E-state index contributed by atoms with van der Waals surface area (Å²) in [6.45, 7) is 3.93. The van der Waals surface area contributed by atoms with Crippen LogP contribution in [0.25, 0.3) is 0 Å². The van der Waals surface area contributed by atoms with Gasteiger partial charge in [0.05, 0.1) is 12.0 Å². The van der Waals surface area contributed by atoms with Crippen LogP contribution in [0, 0.1) is 5.82 Å². The average molecular weight is 338 g/mol. The molecule has 0 atom stereocenters. The number of pyridine rings is 1. The highest BCUT2D eigenvalue weighted by molar-refractivity contribution is 5.97. The topological polar surface area (TPSA) is 59.8 Å². The van der Waals surface area contributed by atoms with E-state index in [-0.39, 0.29) is 5.91 Å². The third-order valence-corrected chi connectivity index (χ3v) is 4.06. The van der Waals surface area contributed by atoms with Crippen molar-refractivity contribution in [2.45, 2.75) is 25.8 Å². The van der Waals surface area contributed by atoms with E-state index in [0.29, 0.717) is 17.9 Å². The Morgan fingerprint density at radius 2 is 2.00 bits per heavy atom. The van der Waals surface area contributed by atoms with Gasteiger partial charge in [-0.2, -0.15) is 5.10 Å². The molecule has 1 N–H and O–H groups in total.